The van der Waals surface area contributed by atoms with Crippen LogP contribution in [0.4, 0.5) is 4.39 Å². The van der Waals surface area contributed by atoms with E-state index in [4.69, 9.17) is 11.2 Å². The maximum absolute atomic E-state index is 13.0. The van der Waals surface area contributed by atoms with Crippen molar-refractivity contribution < 1.29 is 9.13 Å². The quantitative estimate of drug-likeness (QED) is 0.585. The molecule has 0 bridgehead atoms. The van der Waals surface area contributed by atoms with Crippen LogP contribution in [0.25, 0.3) is 0 Å². The molecule has 2 aromatic rings. The van der Waals surface area contributed by atoms with Crippen molar-refractivity contribution >= 4 is 0 Å². The van der Waals surface area contributed by atoms with E-state index < -0.39 is 5.60 Å². The zero-order valence-electron chi connectivity index (χ0n) is 10.6. The first kappa shape index (κ1) is 12.0. The monoisotopic (exact) mass is 252 g/mol. The minimum absolute atomic E-state index is 0.0646. The molecule has 0 radical (unpaired) electrons. The average Bonchev–Trinajstić information content (AvgIpc) is 3.12. The van der Waals surface area contributed by atoms with Crippen molar-refractivity contribution in [1.82, 2.24) is 0 Å². The molecule has 0 amide bonds. The van der Waals surface area contributed by atoms with Crippen LogP contribution in [-0.2, 0) is 10.3 Å². The summed E-state index contributed by atoms with van der Waals surface area (Å²) in [5.41, 5.74) is 2.40. The van der Waals surface area contributed by atoms with E-state index >= 15 is 0 Å². The molecule has 1 heterocycles. The molecule has 2 aromatic carbocycles. The van der Waals surface area contributed by atoms with Crippen LogP contribution in [0.2, 0.25) is 0 Å². The third-order valence-electron chi connectivity index (χ3n) is 3.62. The van der Waals surface area contributed by atoms with Gasteiger partial charge < -0.3 is 4.74 Å². The summed E-state index contributed by atoms with van der Waals surface area (Å²) in [6, 6.07) is 14.2. The summed E-state index contributed by atoms with van der Waals surface area (Å²) in [6.07, 6.45) is 5.44. The first-order valence-corrected chi connectivity index (χ1v) is 6.14. The van der Waals surface area contributed by atoms with E-state index in [-0.39, 0.29) is 11.9 Å². The van der Waals surface area contributed by atoms with Gasteiger partial charge in [0.1, 0.15) is 17.5 Å². The topological polar surface area (TPSA) is 12.5 Å². The average molecular weight is 252 g/mol. The second-order valence-electron chi connectivity index (χ2n) is 4.84. The highest BCUT2D eigenvalue weighted by molar-refractivity contribution is 5.45. The summed E-state index contributed by atoms with van der Waals surface area (Å²) in [4.78, 5) is 0. The van der Waals surface area contributed by atoms with Gasteiger partial charge in [-0.25, -0.2) is 4.39 Å². The van der Waals surface area contributed by atoms with Gasteiger partial charge >= 0.3 is 0 Å². The molecule has 1 aliphatic rings. The molecule has 0 aliphatic carbocycles. The second kappa shape index (κ2) is 4.22. The predicted molar refractivity (Wildman–Crippen MR) is 72.0 cm³/mol. The van der Waals surface area contributed by atoms with Crippen molar-refractivity contribution in [3.05, 3.63) is 71.0 Å². The Hall–Kier alpha value is -2.11. The van der Waals surface area contributed by atoms with Crippen LogP contribution < -0.4 is 0 Å². The van der Waals surface area contributed by atoms with E-state index in [1.165, 1.54) is 12.1 Å². The number of epoxide rings is 1. The lowest BCUT2D eigenvalue weighted by atomic mass is 9.91. The summed E-state index contributed by atoms with van der Waals surface area (Å²) in [5, 5.41) is 0. The lowest BCUT2D eigenvalue weighted by Gasteiger charge is -2.08. The molecule has 1 nitrogen and oxygen atoms in total. The Morgan fingerprint density at radius 2 is 1.84 bits per heavy atom. The molecule has 94 valence electrons. The van der Waals surface area contributed by atoms with Gasteiger partial charge in [0.15, 0.2) is 0 Å². The molecule has 0 saturated carbocycles. The third kappa shape index (κ3) is 1.93. The Kier molecular flexibility index (Phi) is 2.66. The number of hydrogen-bond donors (Lipinski definition) is 0. The molecule has 0 N–H and O–H groups in total. The number of ether oxygens (including phenoxy) is 1. The smallest absolute Gasteiger partial charge is 0.123 e. The summed E-state index contributed by atoms with van der Waals surface area (Å²) in [6.45, 7) is 2.00. The molecule has 1 fully saturated rings. The Bertz CT molecular complexity index is 654. The molecular weight excluding hydrogens is 239 g/mol. The van der Waals surface area contributed by atoms with Crippen LogP contribution in [0.5, 0.6) is 0 Å². The molecule has 0 unspecified atom stereocenters. The number of halogens is 1. The molecule has 1 saturated heterocycles. The summed E-state index contributed by atoms with van der Waals surface area (Å²) in [5.74, 6) is 2.43. The van der Waals surface area contributed by atoms with E-state index in [1.54, 1.807) is 12.1 Å². The van der Waals surface area contributed by atoms with E-state index in [0.717, 1.165) is 16.7 Å². The zero-order valence-corrected chi connectivity index (χ0v) is 10.6. The molecule has 3 rings (SSSR count). The van der Waals surface area contributed by atoms with E-state index in [1.807, 2.05) is 31.2 Å². The Labute approximate surface area is 112 Å². The molecule has 19 heavy (non-hydrogen) atoms. The molecule has 0 spiro atoms. The van der Waals surface area contributed by atoms with Gasteiger partial charge in [0.05, 0.1) is 0 Å². The molecule has 2 heteroatoms. The van der Waals surface area contributed by atoms with Gasteiger partial charge in [0.25, 0.3) is 0 Å². The summed E-state index contributed by atoms with van der Waals surface area (Å²) < 4.78 is 18.8. The van der Waals surface area contributed by atoms with Crippen molar-refractivity contribution in [2.45, 2.75) is 18.6 Å². The van der Waals surface area contributed by atoms with Crippen LogP contribution in [0, 0.1) is 18.2 Å². The van der Waals surface area contributed by atoms with Gasteiger partial charge in [-0.05, 0) is 36.2 Å². The summed E-state index contributed by atoms with van der Waals surface area (Å²) in [7, 11) is 0. The van der Waals surface area contributed by atoms with E-state index in [2.05, 4.69) is 5.92 Å². The number of terminal acetylenes is 1. The van der Waals surface area contributed by atoms with Gasteiger partial charge in [0, 0.05) is 5.56 Å². The zero-order chi connectivity index (χ0) is 13.5. The van der Waals surface area contributed by atoms with Gasteiger partial charge in [-0.15, -0.1) is 6.42 Å². The third-order valence-corrected chi connectivity index (χ3v) is 3.62. The fourth-order valence-corrected chi connectivity index (χ4v) is 2.43. The van der Waals surface area contributed by atoms with E-state index in [9.17, 15) is 4.39 Å². The first-order chi connectivity index (χ1) is 9.15. The van der Waals surface area contributed by atoms with Crippen molar-refractivity contribution in [3.63, 3.8) is 0 Å². The molecular formula is C17H13FO. The summed E-state index contributed by atoms with van der Waals surface area (Å²) >= 11 is 0. The van der Waals surface area contributed by atoms with Crippen molar-refractivity contribution in [2.75, 3.05) is 0 Å². The molecule has 2 atom stereocenters. The van der Waals surface area contributed by atoms with Crippen LogP contribution in [0.1, 0.15) is 29.7 Å². The highest BCUT2D eigenvalue weighted by atomic mass is 19.1. The van der Waals surface area contributed by atoms with Crippen LogP contribution in [-0.4, -0.2) is 0 Å². The highest BCUT2D eigenvalue weighted by Crippen LogP contribution is 2.57. The van der Waals surface area contributed by atoms with Gasteiger partial charge in [0.2, 0.25) is 0 Å². The number of rotatable bonds is 2. The van der Waals surface area contributed by atoms with Gasteiger partial charge in [-0.3, -0.25) is 0 Å². The first-order valence-electron chi connectivity index (χ1n) is 6.14. The normalized spacial score (nSPS) is 24.8. The van der Waals surface area contributed by atoms with Crippen LogP contribution in [0.3, 0.4) is 0 Å². The van der Waals surface area contributed by atoms with Gasteiger partial charge in [-0.2, -0.15) is 0 Å². The minimum atomic E-state index is -0.416. The lowest BCUT2D eigenvalue weighted by Crippen LogP contribution is -2.05. The fourth-order valence-electron chi connectivity index (χ4n) is 2.43. The lowest BCUT2D eigenvalue weighted by molar-refractivity contribution is 0.313. The van der Waals surface area contributed by atoms with Crippen molar-refractivity contribution in [2.24, 2.45) is 0 Å². The number of hydrogen-bond acceptors (Lipinski definition) is 1. The predicted octanol–water partition coefficient (Wildman–Crippen LogP) is 3.79. The maximum Gasteiger partial charge on any atom is 0.123 e. The SMILES string of the molecule is C#Cc1ccccc1[C@@H]1O[C@@]1(C)c1ccc(F)cc1. The number of benzene rings is 2. The Balaban J connectivity index is 1.95. The largest absolute Gasteiger partial charge is 0.356 e. The Morgan fingerprint density at radius 3 is 2.53 bits per heavy atom. The van der Waals surface area contributed by atoms with Crippen LogP contribution >= 0.6 is 0 Å². The standard InChI is InChI=1S/C17H13FO/c1-3-12-6-4-5-7-15(12)16-17(2,19-16)13-8-10-14(18)11-9-13/h1,4-11,16H,2H3/t16-,17-/m0/s1. The van der Waals surface area contributed by atoms with Crippen molar-refractivity contribution in [3.8, 4) is 12.3 Å². The van der Waals surface area contributed by atoms with Crippen molar-refractivity contribution in [1.29, 1.82) is 0 Å². The highest BCUT2D eigenvalue weighted by Gasteiger charge is 2.55. The molecule has 0 aromatic heterocycles. The second-order valence-corrected chi connectivity index (χ2v) is 4.84. The minimum Gasteiger partial charge on any atom is -0.356 e. The van der Waals surface area contributed by atoms with Crippen LogP contribution in [0.15, 0.2) is 48.5 Å². The Morgan fingerprint density at radius 1 is 1.16 bits per heavy atom. The van der Waals surface area contributed by atoms with Gasteiger partial charge in [-0.1, -0.05) is 36.3 Å². The molecule has 1 aliphatic heterocycles. The maximum atomic E-state index is 13.0. The van der Waals surface area contributed by atoms with E-state index in [0.29, 0.717) is 0 Å². The fraction of sp³-hybridized carbons (Fsp3) is 0.176.